The second-order valence-electron chi connectivity index (χ2n) is 6.44. The Morgan fingerprint density at radius 3 is 1.94 bits per heavy atom. The lowest BCUT2D eigenvalue weighted by Gasteiger charge is -2.14. The standard InChI is InChI=1S/C21H18F6N2O5/c1-31-18(13-8-14(20(22,23)24)10-15(9-13)21(25,26)27)29-34-11-12-6-4-5-7-16(12)17(28-33-3)19(30)32-2/h4-10H,11H2,1-3H3/b28-17+,29-18-. The molecule has 0 saturated heterocycles. The smallest absolute Gasteiger partial charge is 0.416 e. The van der Waals surface area contributed by atoms with Crippen LogP contribution in [-0.2, 0) is 42.9 Å². The van der Waals surface area contributed by atoms with Crippen LogP contribution in [0.15, 0.2) is 52.8 Å². The predicted octanol–water partition coefficient (Wildman–Crippen LogP) is 4.77. The predicted molar refractivity (Wildman–Crippen MR) is 107 cm³/mol. The number of nitrogens with zero attached hydrogens (tertiary/aromatic N) is 2. The van der Waals surface area contributed by atoms with Crippen LogP contribution in [0.25, 0.3) is 0 Å². The number of halogens is 6. The number of methoxy groups -OCH3 is 2. The van der Waals surface area contributed by atoms with Crippen LogP contribution in [0.4, 0.5) is 26.3 Å². The number of carbonyl (C=O) groups is 1. The highest BCUT2D eigenvalue weighted by Crippen LogP contribution is 2.36. The fourth-order valence-electron chi connectivity index (χ4n) is 2.71. The van der Waals surface area contributed by atoms with Gasteiger partial charge in [0.25, 0.3) is 5.90 Å². The number of ether oxygens (including phenoxy) is 2. The summed E-state index contributed by atoms with van der Waals surface area (Å²) in [5.74, 6) is -1.45. The molecule has 2 aromatic rings. The van der Waals surface area contributed by atoms with Crippen molar-refractivity contribution in [3.8, 4) is 0 Å². The van der Waals surface area contributed by atoms with Gasteiger partial charge in [0.05, 0.1) is 25.3 Å². The van der Waals surface area contributed by atoms with Crippen molar-refractivity contribution in [3.05, 3.63) is 70.3 Å². The van der Waals surface area contributed by atoms with E-state index in [1.807, 2.05) is 0 Å². The van der Waals surface area contributed by atoms with Crippen molar-refractivity contribution in [2.75, 3.05) is 21.3 Å². The molecule has 2 rings (SSSR count). The summed E-state index contributed by atoms with van der Waals surface area (Å²) in [5.41, 5.74) is -3.30. The van der Waals surface area contributed by atoms with Gasteiger partial charge in [0, 0.05) is 16.7 Å². The molecule has 13 heteroatoms. The molecule has 0 aliphatic carbocycles. The highest BCUT2D eigenvalue weighted by Gasteiger charge is 2.37. The zero-order chi connectivity index (χ0) is 25.5. The summed E-state index contributed by atoms with van der Waals surface area (Å²) < 4.78 is 88.2. The Kier molecular flexibility index (Phi) is 8.49. The third kappa shape index (κ3) is 6.62. The van der Waals surface area contributed by atoms with Crippen molar-refractivity contribution in [1.82, 2.24) is 0 Å². The Morgan fingerprint density at radius 1 is 0.853 bits per heavy atom. The van der Waals surface area contributed by atoms with Crippen LogP contribution in [0.3, 0.4) is 0 Å². The molecule has 0 fully saturated rings. The number of hydrogen-bond acceptors (Lipinski definition) is 7. The molecule has 0 saturated carbocycles. The first-order valence-electron chi connectivity index (χ1n) is 9.24. The van der Waals surface area contributed by atoms with Crippen molar-refractivity contribution in [2.24, 2.45) is 10.3 Å². The maximum Gasteiger partial charge on any atom is 0.416 e. The summed E-state index contributed by atoms with van der Waals surface area (Å²) in [6, 6.07) is 7.09. The molecule has 0 aliphatic rings. The summed E-state index contributed by atoms with van der Waals surface area (Å²) in [5, 5.41) is 7.15. The summed E-state index contributed by atoms with van der Waals surface area (Å²) in [6.45, 7) is -0.353. The first-order chi connectivity index (χ1) is 15.9. The van der Waals surface area contributed by atoms with E-state index >= 15 is 0 Å². The van der Waals surface area contributed by atoms with Gasteiger partial charge >= 0.3 is 18.3 Å². The molecule has 0 unspecified atom stereocenters. The number of hydrogen-bond donors (Lipinski definition) is 0. The monoisotopic (exact) mass is 492 g/mol. The quantitative estimate of drug-likeness (QED) is 0.183. The minimum absolute atomic E-state index is 0.0165. The van der Waals surface area contributed by atoms with Gasteiger partial charge in [-0.25, -0.2) is 4.79 Å². The summed E-state index contributed by atoms with van der Waals surface area (Å²) in [7, 11) is 3.35. The van der Waals surface area contributed by atoms with Crippen molar-refractivity contribution >= 4 is 17.6 Å². The normalized spacial score (nSPS) is 12.9. The number of oxime groups is 2. The number of carbonyl (C=O) groups excluding carboxylic acids is 1. The minimum atomic E-state index is -5.04. The molecule has 0 amide bonds. The van der Waals surface area contributed by atoms with Gasteiger partial charge in [0.2, 0.25) is 0 Å². The van der Waals surface area contributed by atoms with Gasteiger partial charge in [-0.05, 0) is 23.4 Å². The first kappa shape index (κ1) is 26.5. The zero-order valence-electron chi connectivity index (χ0n) is 18.0. The van der Waals surface area contributed by atoms with E-state index in [2.05, 4.69) is 19.9 Å². The van der Waals surface area contributed by atoms with Crippen LogP contribution >= 0.6 is 0 Å². The highest BCUT2D eigenvalue weighted by molar-refractivity contribution is 6.43. The third-order valence-corrected chi connectivity index (χ3v) is 4.23. The average molecular weight is 492 g/mol. The molecule has 184 valence electrons. The van der Waals surface area contributed by atoms with Crippen LogP contribution in [0, 0.1) is 0 Å². The van der Waals surface area contributed by atoms with Gasteiger partial charge in [0.1, 0.15) is 13.7 Å². The molecule has 34 heavy (non-hydrogen) atoms. The van der Waals surface area contributed by atoms with Crippen molar-refractivity contribution in [2.45, 2.75) is 19.0 Å². The zero-order valence-corrected chi connectivity index (χ0v) is 18.0. The SMILES string of the molecule is CO/N=C(/C(=O)OC)c1ccccc1CO/N=C(\OC)c1cc(C(F)(F)F)cc(C(F)(F)F)c1. The van der Waals surface area contributed by atoms with Gasteiger partial charge < -0.3 is 19.1 Å². The lowest BCUT2D eigenvalue weighted by molar-refractivity contribution is -0.143. The van der Waals surface area contributed by atoms with E-state index in [0.29, 0.717) is 17.7 Å². The van der Waals surface area contributed by atoms with E-state index in [9.17, 15) is 31.1 Å². The van der Waals surface area contributed by atoms with Crippen molar-refractivity contribution in [3.63, 3.8) is 0 Å². The molecular formula is C21H18F6N2O5. The molecule has 0 spiro atoms. The number of alkyl halides is 6. The summed E-state index contributed by atoms with van der Waals surface area (Å²) in [6.07, 6.45) is -10.1. The number of rotatable bonds is 7. The van der Waals surface area contributed by atoms with E-state index in [1.165, 1.54) is 19.2 Å². The van der Waals surface area contributed by atoms with Gasteiger partial charge in [-0.3, -0.25) is 0 Å². The van der Waals surface area contributed by atoms with E-state index in [4.69, 9.17) is 9.57 Å². The molecule has 0 N–H and O–H groups in total. The Bertz CT molecular complexity index is 1050. The summed E-state index contributed by atoms with van der Waals surface area (Å²) in [4.78, 5) is 21.7. The first-order valence-corrected chi connectivity index (χ1v) is 9.24. The van der Waals surface area contributed by atoms with E-state index in [1.54, 1.807) is 12.1 Å². The van der Waals surface area contributed by atoms with Gasteiger partial charge in [0.15, 0.2) is 5.71 Å². The average Bonchev–Trinajstić information content (AvgIpc) is 2.78. The highest BCUT2D eigenvalue weighted by atomic mass is 19.4. The fourth-order valence-corrected chi connectivity index (χ4v) is 2.71. The Balaban J connectivity index is 2.40. The molecule has 0 bridgehead atoms. The van der Waals surface area contributed by atoms with Gasteiger partial charge in [-0.15, -0.1) is 0 Å². The second kappa shape index (κ2) is 10.9. The number of esters is 1. The minimum Gasteiger partial charge on any atom is -0.479 e. The van der Waals surface area contributed by atoms with Crippen LogP contribution in [0.1, 0.15) is 27.8 Å². The largest absolute Gasteiger partial charge is 0.479 e. The molecule has 2 aromatic carbocycles. The lowest BCUT2D eigenvalue weighted by atomic mass is 10.0. The molecule has 0 aliphatic heterocycles. The van der Waals surface area contributed by atoms with Crippen LogP contribution in [0.5, 0.6) is 0 Å². The van der Waals surface area contributed by atoms with Crippen molar-refractivity contribution in [1.29, 1.82) is 0 Å². The third-order valence-electron chi connectivity index (χ3n) is 4.23. The Hall–Kier alpha value is -3.77. The second-order valence-corrected chi connectivity index (χ2v) is 6.44. The lowest BCUT2D eigenvalue weighted by Crippen LogP contribution is -2.19. The van der Waals surface area contributed by atoms with E-state index in [0.717, 1.165) is 14.2 Å². The maximum absolute atomic E-state index is 13.1. The van der Waals surface area contributed by atoms with Gasteiger partial charge in [-0.1, -0.05) is 29.4 Å². The Morgan fingerprint density at radius 2 is 1.44 bits per heavy atom. The molecule has 0 aromatic heterocycles. The van der Waals surface area contributed by atoms with Crippen LogP contribution < -0.4 is 0 Å². The Labute approximate surface area is 189 Å². The molecule has 7 nitrogen and oxygen atoms in total. The number of benzene rings is 2. The topological polar surface area (TPSA) is 78.7 Å². The van der Waals surface area contributed by atoms with Crippen LogP contribution in [0.2, 0.25) is 0 Å². The van der Waals surface area contributed by atoms with E-state index in [-0.39, 0.29) is 23.9 Å². The van der Waals surface area contributed by atoms with E-state index < -0.39 is 40.9 Å². The molecule has 0 atom stereocenters. The molecule has 0 heterocycles. The van der Waals surface area contributed by atoms with Crippen LogP contribution in [-0.4, -0.2) is 38.9 Å². The fraction of sp³-hybridized carbons (Fsp3) is 0.286. The van der Waals surface area contributed by atoms with Crippen molar-refractivity contribution < 1.29 is 50.3 Å². The van der Waals surface area contributed by atoms with Gasteiger partial charge in [-0.2, -0.15) is 26.3 Å². The molecular weight excluding hydrogens is 474 g/mol. The summed E-state index contributed by atoms with van der Waals surface area (Å²) >= 11 is 0. The maximum atomic E-state index is 13.1. The molecule has 0 radical (unpaired) electrons.